The van der Waals surface area contributed by atoms with E-state index in [-0.39, 0.29) is 0 Å². The quantitative estimate of drug-likeness (QED) is 0.896. The van der Waals surface area contributed by atoms with E-state index < -0.39 is 0 Å². The van der Waals surface area contributed by atoms with Crippen molar-refractivity contribution in [3.8, 4) is 0 Å². The summed E-state index contributed by atoms with van der Waals surface area (Å²) in [5.74, 6) is 1.37. The third-order valence-electron chi connectivity index (χ3n) is 4.12. The van der Waals surface area contributed by atoms with Crippen LogP contribution in [-0.2, 0) is 0 Å². The highest BCUT2D eigenvalue weighted by Gasteiger charge is 2.30. The van der Waals surface area contributed by atoms with Crippen LogP contribution in [0.3, 0.4) is 0 Å². The van der Waals surface area contributed by atoms with Gasteiger partial charge >= 0.3 is 0 Å². The van der Waals surface area contributed by atoms with E-state index in [2.05, 4.69) is 50.0 Å². The largest absolute Gasteiger partial charge is 0.365 e. The fourth-order valence-corrected chi connectivity index (χ4v) is 3.21. The van der Waals surface area contributed by atoms with Gasteiger partial charge in [-0.05, 0) is 42.5 Å². The molecule has 0 spiro atoms. The van der Waals surface area contributed by atoms with Crippen molar-refractivity contribution in [3.05, 3.63) is 29.3 Å². The van der Waals surface area contributed by atoms with Gasteiger partial charge in [0.1, 0.15) is 0 Å². The van der Waals surface area contributed by atoms with Crippen molar-refractivity contribution in [1.29, 1.82) is 0 Å². The summed E-state index contributed by atoms with van der Waals surface area (Å²) in [5.41, 5.74) is 1.29. The van der Waals surface area contributed by atoms with Crippen LogP contribution in [0.15, 0.2) is 24.3 Å². The molecule has 1 aromatic carbocycles. The van der Waals surface area contributed by atoms with Gasteiger partial charge in [-0.2, -0.15) is 0 Å². The Hall–Kier alpha value is -0.730. The Kier molecular flexibility index (Phi) is 5.34. The van der Waals surface area contributed by atoms with Gasteiger partial charge in [-0.15, -0.1) is 0 Å². The SMILES string of the molecule is CC(C)CC1CN(c2ccc(Cl)cc2)C(C(C)C)CN1. The Morgan fingerprint density at radius 2 is 1.85 bits per heavy atom. The second-order valence-corrected chi connectivity index (χ2v) is 7.11. The zero-order chi connectivity index (χ0) is 14.7. The molecule has 2 rings (SSSR count). The van der Waals surface area contributed by atoms with Crippen molar-refractivity contribution >= 4 is 17.3 Å². The van der Waals surface area contributed by atoms with E-state index in [0.29, 0.717) is 18.0 Å². The van der Waals surface area contributed by atoms with Gasteiger partial charge in [0.05, 0.1) is 0 Å². The Morgan fingerprint density at radius 3 is 2.40 bits per heavy atom. The number of hydrogen-bond acceptors (Lipinski definition) is 2. The third kappa shape index (κ3) is 3.89. The maximum atomic E-state index is 6.02. The number of rotatable bonds is 4. The van der Waals surface area contributed by atoms with E-state index in [1.807, 2.05) is 12.1 Å². The summed E-state index contributed by atoms with van der Waals surface area (Å²) < 4.78 is 0. The standard InChI is InChI=1S/C17H27ClN2/c1-12(2)9-15-11-20(17(10-19-15)13(3)4)16-7-5-14(18)6-8-16/h5-8,12-13,15,17,19H,9-11H2,1-4H3. The van der Waals surface area contributed by atoms with Crippen LogP contribution in [0.1, 0.15) is 34.1 Å². The average molecular weight is 295 g/mol. The Balaban J connectivity index is 2.16. The number of nitrogens with zero attached hydrogens (tertiary/aromatic N) is 1. The van der Waals surface area contributed by atoms with Gasteiger partial charge in [0, 0.05) is 35.9 Å². The maximum Gasteiger partial charge on any atom is 0.0438 e. The lowest BCUT2D eigenvalue weighted by Crippen LogP contribution is -2.58. The van der Waals surface area contributed by atoms with Gasteiger partial charge in [-0.3, -0.25) is 0 Å². The molecule has 1 saturated heterocycles. The highest BCUT2D eigenvalue weighted by Crippen LogP contribution is 2.26. The first-order valence-corrected chi connectivity index (χ1v) is 8.10. The molecule has 20 heavy (non-hydrogen) atoms. The number of hydrogen-bond donors (Lipinski definition) is 1. The molecule has 0 radical (unpaired) electrons. The van der Waals surface area contributed by atoms with Gasteiger partial charge in [-0.25, -0.2) is 0 Å². The van der Waals surface area contributed by atoms with Crippen molar-refractivity contribution in [3.63, 3.8) is 0 Å². The van der Waals surface area contributed by atoms with Gasteiger partial charge in [0.15, 0.2) is 0 Å². The zero-order valence-corrected chi connectivity index (χ0v) is 13.8. The lowest BCUT2D eigenvalue weighted by Gasteiger charge is -2.44. The van der Waals surface area contributed by atoms with Crippen LogP contribution >= 0.6 is 11.6 Å². The summed E-state index contributed by atoms with van der Waals surface area (Å²) in [6, 6.07) is 9.42. The van der Waals surface area contributed by atoms with Crippen molar-refractivity contribution in [2.24, 2.45) is 11.8 Å². The molecule has 1 heterocycles. The van der Waals surface area contributed by atoms with Crippen LogP contribution in [0.5, 0.6) is 0 Å². The normalized spacial score (nSPS) is 23.6. The molecule has 2 nitrogen and oxygen atoms in total. The first-order chi connectivity index (χ1) is 9.47. The molecular formula is C17H27ClN2. The number of halogens is 1. The molecule has 0 amide bonds. The van der Waals surface area contributed by atoms with E-state index >= 15 is 0 Å². The first kappa shape index (κ1) is 15.7. The summed E-state index contributed by atoms with van der Waals surface area (Å²) in [7, 11) is 0. The predicted octanol–water partition coefficient (Wildman–Crippen LogP) is 4.19. The van der Waals surface area contributed by atoms with Crippen molar-refractivity contribution < 1.29 is 0 Å². The fourth-order valence-electron chi connectivity index (χ4n) is 3.09. The first-order valence-electron chi connectivity index (χ1n) is 7.73. The molecular weight excluding hydrogens is 268 g/mol. The van der Waals surface area contributed by atoms with Crippen LogP contribution in [0, 0.1) is 11.8 Å². The van der Waals surface area contributed by atoms with Gasteiger partial charge in [0.2, 0.25) is 0 Å². The zero-order valence-electron chi connectivity index (χ0n) is 13.1. The van der Waals surface area contributed by atoms with Gasteiger partial charge in [-0.1, -0.05) is 39.3 Å². The van der Waals surface area contributed by atoms with E-state index in [9.17, 15) is 0 Å². The van der Waals surface area contributed by atoms with E-state index in [0.717, 1.165) is 24.0 Å². The smallest absolute Gasteiger partial charge is 0.0438 e. The molecule has 1 aromatic rings. The number of piperazine rings is 1. The number of nitrogens with one attached hydrogen (secondary N) is 1. The minimum Gasteiger partial charge on any atom is -0.365 e. The second-order valence-electron chi connectivity index (χ2n) is 6.67. The van der Waals surface area contributed by atoms with E-state index in [4.69, 9.17) is 11.6 Å². The number of benzene rings is 1. The molecule has 1 aliphatic heterocycles. The topological polar surface area (TPSA) is 15.3 Å². The molecule has 2 unspecified atom stereocenters. The van der Waals surface area contributed by atoms with Crippen molar-refractivity contribution in [2.45, 2.75) is 46.2 Å². The third-order valence-corrected chi connectivity index (χ3v) is 4.37. The van der Waals surface area contributed by atoms with Gasteiger partial charge < -0.3 is 10.2 Å². The molecule has 0 aliphatic carbocycles. The van der Waals surface area contributed by atoms with Crippen LogP contribution in [0.25, 0.3) is 0 Å². The number of anilines is 1. The summed E-state index contributed by atoms with van der Waals surface area (Å²) in [6.07, 6.45) is 1.23. The van der Waals surface area contributed by atoms with Crippen LogP contribution in [0.4, 0.5) is 5.69 Å². The maximum absolute atomic E-state index is 6.02. The molecule has 1 aliphatic rings. The summed E-state index contributed by atoms with van der Waals surface area (Å²) in [5, 5.41) is 4.53. The molecule has 2 atom stereocenters. The molecule has 3 heteroatoms. The predicted molar refractivity (Wildman–Crippen MR) is 88.7 cm³/mol. The van der Waals surface area contributed by atoms with Crippen molar-refractivity contribution in [1.82, 2.24) is 5.32 Å². The Morgan fingerprint density at radius 1 is 1.20 bits per heavy atom. The summed E-state index contributed by atoms with van der Waals surface area (Å²) >= 11 is 6.02. The molecule has 1 N–H and O–H groups in total. The highest BCUT2D eigenvalue weighted by atomic mass is 35.5. The Bertz CT molecular complexity index is 414. The lowest BCUT2D eigenvalue weighted by molar-refractivity contribution is 0.310. The fraction of sp³-hybridized carbons (Fsp3) is 0.647. The molecule has 0 saturated carbocycles. The molecule has 0 bridgehead atoms. The minimum absolute atomic E-state index is 0.555. The lowest BCUT2D eigenvalue weighted by atomic mass is 9.94. The molecule has 112 valence electrons. The van der Waals surface area contributed by atoms with Crippen LogP contribution in [0.2, 0.25) is 5.02 Å². The van der Waals surface area contributed by atoms with E-state index in [1.165, 1.54) is 12.1 Å². The van der Waals surface area contributed by atoms with Crippen molar-refractivity contribution in [2.75, 3.05) is 18.0 Å². The highest BCUT2D eigenvalue weighted by molar-refractivity contribution is 6.30. The van der Waals surface area contributed by atoms with E-state index in [1.54, 1.807) is 0 Å². The monoisotopic (exact) mass is 294 g/mol. The average Bonchev–Trinajstić information content (AvgIpc) is 2.38. The summed E-state index contributed by atoms with van der Waals surface area (Å²) in [4.78, 5) is 2.56. The molecule has 1 fully saturated rings. The van der Waals surface area contributed by atoms with Crippen LogP contribution < -0.4 is 10.2 Å². The Labute approximate surface area is 128 Å². The minimum atomic E-state index is 0.555. The van der Waals surface area contributed by atoms with Gasteiger partial charge in [0.25, 0.3) is 0 Å². The summed E-state index contributed by atoms with van der Waals surface area (Å²) in [6.45, 7) is 11.3. The van der Waals surface area contributed by atoms with Crippen LogP contribution in [-0.4, -0.2) is 25.2 Å². The molecule has 0 aromatic heterocycles. The second kappa shape index (κ2) is 6.82.